The molecule has 0 spiro atoms. The molecule has 4 nitrogen and oxygen atoms in total. The van der Waals surface area contributed by atoms with Gasteiger partial charge in [-0.1, -0.05) is 54.6 Å². The van der Waals surface area contributed by atoms with Gasteiger partial charge in [0.05, 0.1) is 12.2 Å². The van der Waals surface area contributed by atoms with E-state index in [9.17, 15) is 4.79 Å². The molecule has 1 aliphatic carbocycles. The SMILES string of the molecule is O=C(O)COCCC12CCC(c3cccc(Cc4ccccc4)c3)(CC1)OC2. The van der Waals surface area contributed by atoms with Crippen LogP contribution in [0.25, 0.3) is 0 Å². The lowest BCUT2D eigenvalue weighted by Gasteiger charge is -2.53. The summed E-state index contributed by atoms with van der Waals surface area (Å²) in [6, 6.07) is 19.4. The third kappa shape index (κ3) is 4.13. The molecule has 0 amide bonds. The van der Waals surface area contributed by atoms with E-state index in [2.05, 4.69) is 54.6 Å². The van der Waals surface area contributed by atoms with E-state index in [1.54, 1.807) is 0 Å². The highest BCUT2D eigenvalue weighted by Crippen LogP contribution is 2.55. The zero-order chi connectivity index (χ0) is 19.5. The Morgan fingerprint density at radius 2 is 1.75 bits per heavy atom. The molecule has 0 radical (unpaired) electrons. The van der Waals surface area contributed by atoms with Gasteiger partial charge in [-0.25, -0.2) is 4.79 Å². The van der Waals surface area contributed by atoms with Crippen molar-refractivity contribution in [3.05, 3.63) is 71.3 Å². The summed E-state index contributed by atoms with van der Waals surface area (Å²) >= 11 is 0. The molecular formula is C24H28O4. The van der Waals surface area contributed by atoms with E-state index < -0.39 is 5.97 Å². The van der Waals surface area contributed by atoms with Crippen LogP contribution in [0.1, 0.15) is 48.8 Å². The highest BCUT2D eigenvalue weighted by molar-refractivity contribution is 5.67. The van der Waals surface area contributed by atoms with Gasteiger partial charge in [0.1, 0.15) is 6.61 Å². The average molecular weight is 380 g/mol. The van der Waals surface area contributed by atoms with Gasteiger partial charge < -0.3 is 14.6 Å². The first-order valence-corrected chi connectivity index (χ1v) is 10.2. The number of aliphatic carboxylic acids is 1. The molecule has 0 aromatic heterocycles. The highest BCUT2D eigenvalue weighted by atomic mass is 16.5. The van der Waals surface area contributed by atoms with Crippen molar-refractivity contribution in [1.82, 2.24) is 0 Å². The molecule has 2 aromatic carbocycles. The van der Waals surface area contributed by atoms with Crippen LogP contribution in [0.3, 0.4) is 0 Å². The van der Waals surface area contributed by atoms with E-state index in [0.717, 1.165) is 45.1 Å². The number of carboxylic acid groups (broad SMARTS) is 1. The van der Waals surface area contributed by atoms with Crippen molar-refractivity contribution in [3.63, 3.8) is 0 Å². The number of ether oxygens (including phenoxy) is 2. The molecule has 2 heterocycles. The van der Waals surface area contributed by atoms with Crippen molar-refractivity contribution < 1.29 is 19.4 Å². The molecule has 3 aliphatic rings. The molecule has 1 saturated carbocycles. The fourth-order valence-electron chi connectivity index (χ4n) is 4.70. The van der Waals surface area contributed by atoms with Crippen molar-refractivity contribution >= 4 is 5.97 Å². The molecule has 3 fully saturated rings. The van der Waals surface area contributed by atoms with Crippen LogP contribution >= 0.6 is 0 Å². The van der Waals surface area contributed by atoms with Crippen LogP contribution in [0, 0.1) is 5.41 Å². The van der Waals surface area contributed by atoms with Crippen LogP contribution in [0.5, 0.6) is 0 Å². The number of fused-ring (bicyclic) bond motifs is 3. The van der Waals surface area contributed by atoms with Gasteiger partial charge in [-0.05, 0) is 60.6 Å². The summed E-state index contributed by atoms with van der Waals surface area (Å²) in [7, 11) is 0. The minimum atomic E-state index is -0.907. The van der Waals surface area contributed by atoms with E-state index in [1.807, 2.05) is 0 Å². The first kappa shape index (κ1) is 19.2. The van der Waals surface area contributed by atoms with Crippen molar-refractivity contribution in [2.45, 2.75) is 44.1 Å². The van der Waals surface area contributed by atoms with Crippen molar-refractivity contribution in [3.8, 4) is 0 Å². The molecule has 2 saturated heterocycles. The Hall–Kier alpha value is -2.17. The highest BCUT2D eigenvalue weighted by Gasteiger charge is 2.50. The van der Waals surface area contributed by atoms with Gasteiger partial charge in [0.25, 0.3) is 0 Å². The lowest BCUT2D eigenvalue weighted by Crippen LogP contribution is -2.49. The predicted molar refractivity (Wildman–Crippen MR) is 107 cm³/mol. The largest absolute Gasteiger partial charge is 0.480 e. The predicted octanol–water partition coefficient (Wildman–Crippen LogP) is 4.55. The van der Waals surface area contributed by atoms with Crippen LogP contribution in [0.4, 0.5) is 0 Å². The molecule has 0 unspecified atom stereocenters. The number of carbonyl (C=O) groups is 1. The summed E-state index contributed by atoms with van der Waals surface area (Å²) in [6.45, 7) is 1.02. The second-order valence-corrected chi connectivity index (χ2v) is 8.34. The Bertz CT molecular complexity index is 790. The Labute approximate surface area is 166 Å². The third-order valence-corrected chi connectivity index (χ3v) is 6.48. The van der Waals surface area contributed by atoms with Crippen LogP contribution < -0.4 is 0 Å². The van der Waals surface area contributed by atoms with E-state index in [0.29, 0.717) is 6.61 Å². The Kier molecular flexibility index (Phi) is 5.51. The summed E-state index contributed by atoms with van der Waals surface area (Å²) in [5.41, 5.74) is 3.95. The molecular weight excluding hydrogens is 352 g/mol. The molecule has 4 heteroatoms. The zero-order valence-electron chi connectivity index (χ0n) is 16.2. The van der Waals surface area contributed by atoms with Gasteiger partial charge in [-0.15, -0.1) is 0 Å². The topological polar surface area (TPSA) is 55.8 Å². The maximum atomic E-state index is 10.6. The molecule has 0 atom stereocenters. The summed E-state index contributed by atoms with van der Waals surface area (Å²) in [5.74, 6) is -0.907. The molecule has 148 valence electrons. The van der Waals surface area contributed by atoms with E-state index in [1.165, 1.54) is 16.7 Å². The van der Waals surface area contributed by atoms with Crippen molar-refractivity contribution in [2.24, 2.45) is 5.41 Å². The van der Waals surface area contributed by atoms with Crippen LogP contribution in [0.15, 0.2) is 54.6 Å². The number of hydrogen-bond donors (Lipinski definition) is 1. The van der Waals surface area contributed by atoms with Crippen molar-refractivity contribution in [1.29, 1.82) is 0 Å². The molecule has 1 N–H and O–H groups in total. The van der Waals surface area contributed by atoms with E-state index in [4.69, 9.17) is 14.6 Å². The first-order valence-electron chi connectivity index (χ1n) is 10.2. The van der Waals surface area contributed by atoms with Gasteiger partial charge in [-0.2, -0.15) is 0 Å². The summed E-state index contributed by atoms with van der Waals surface area (Å²) in [6.07, 6.45) is 6.11. The number of rotatable bonds is 8. The van der Waals surface area contributed by atoms with Gasteiger partial charge in [0, 0.05) is 6.61 Å². The molecule has 28 heavy (non-hydrogen) atoms. The van der Waals surface area contributed by atoms with Gasteiger partial charge in [0.2, 0.25) is 0 Å². The van der Waals surface area contributed by atoms with E-state index >= 15 is 0 Å². The van der Waals surface area contributed by atoms with Crippen LogP contribution in [-0.4, -0.2) is 30.9 Å². The normalized spacial score (nSPS) is 26.3. The second-order valence-electron chi connectivity index (χ2n) is 8.34. The maximum absolute atomic E-state index is 10.6. The monoisotopic (exact) mass is 380 g/mol. The standard InChI is InChI=1S/C24H28O4/c25-22(26)17-27-14-13-23-9-11-24(12-10-23,28-18-23)21-8-4-7-20(16-21)15-19-5-2-1-3-6-19/h1-8,16H,9-15,17-18H2,(H,25,26). The summed E-state index contributed by atoms with van der Waals surface area (Å²) in [5, 5.41) is 8.71. The Balaban J connectivity index is 1.40. The van der Waals surface area contributed by atoms with Crippen LogP contribution in [0.2, 0.25) is 0 Å². The summed E-state index contributed by atoms with van der Waals surface area (Å²) < 4.78 is 11.7. The smallest absolute Gasteiger partial charge is 0.329 e. The van der Waals surface area contributed by atoms with Crippen molar-refractivity contribution in [2.75, 3.05) is 19.8 Å². The number of hydrogen-bond acceptors (Lipinski definition) is 3. The summed E-state index contributed by atoms with van der Waals surface area (Å²) in [4.78, 5) is 10.6. The first-order chi connectivity index (χ1) is 13.6. The molecule has 2 aromatic rings. The maximum Gasteiger partial charge on any atom is 0.329 e. The molecule has 5 rings (SSSR count). The van der Waals surface area contributed by atoms with Gasteiger partial charge >= 0.3 is 5.97 Å². The minimum absolute atomic E-state index is 0.155. The molecule has 2 bridgehead atoms. The van der Waals surface area contributed by atoms with Crippen LogP contribution in [-0.2, 0) is 26.3 Å². The Morgan fingerprint density at radius 1 is 1.00 bits per heavy atom. The fourth-order valence-corrected chi connectivity index (χ4v) is 4.70. The number of benzene rings is 2. The Morgan fingerprint density at radius 3 is 2.43 bits per heavy atom. The van der Waals surface area contributed by atoms with E-state index in [-0.39, 0.29) is 17.6 Å². The van der Waals surface area contributed by atoms with Gasteiger partial charge in [0.15, 0.2) is 0 Å². The lowest BCUT2D eigenvalue weighted by molar-refractivity contribution is -0.194. The third-order valence-electron chi connectivity index (χ3n) is 6.48. The zero-order valence-corrected chi connectivity index (χ0v) is 16.2. The molecule has 2 aliphatic heterocycles. The lowest BCUT2D eigenvalue weighted by atomic mass is 9.63. The van der Waals surface area contributed by atoms with Gasteiger partial charge in [-0.3, -0.25) is 0 Å². The minimum Gasteiger partial charge on any atom is -0.480 e. The second kappa shape index (κ2) is 8.06. The number of carboxylic acids is 1. The average Bonchev–Trinajstić information content (AvgIpc) is 2.74. The quantitative estimate of drug-likeness (QED) is 0.683. The fraction of sp³-hybridized carbons (Fsp3) is 0.458.